The summed E-state index contributed by atoms with van der Waals surface area (Å²) in [6, 6.07) is 13.6. The molecule has 144 valence electrons. The van der Waals surface area contributed by atoms with Crippen LogP contribution in [0.1, 0.15) is 41.1 Å². The van der Waals surface area contributed by atoms with Gasteiger partial charge in [-0.3, -0.25) is 9.59 Å². The number of benzene rings is 2. The number of rotatable bonds is 6. The van der Waals surface area contributed by atoms with E-state index in [2.05, 4.69) is 0 Å². The maximum Gasteiger partial charge on any atom is 0.290 e. The lowest BCUT2D eigenvalue weighted by Crippen LogP contribution is -2.32. The summed E-state index contributed by atoms with van der Waals surface area (Å²) in [6.07, 6.45) is 0.876. The minimum absolute atomic E-state index is 0.0435. The first-order valence-electron chi connectivity index (χ1n) is 9.36. The highest BCUT2D eigenvalue weighted by molar-refractivity contribution is 5.99. The number of carbonyl (C=O) groups is 1. The molecular weight excluding hydrogens is 358 g/mol. The largest absolute Gasteiger partial charge is 0.494 e. The van der Waals surface area contributed by atoms with E-state index in [0.29, 0.717) is 28.9 Å². The Hall–Kier alpha value is -3.12. The average molecular weight is 379 g/mol. The summed E-state index contributed by atoms with van der Waals surface area (Å²) in [5, 5.41) is 9.92. The maximum absolute atomic E-state index is 13.2. The van der Waals surface area contributed by atoms with Crippen LogP contribution in [0.5, 0.6) is 5.75 Å². The van der Waals surface area contributed by atoms with Gasteiger partial charge in [-0.15, -0.1) is 0 Å². The Kier molecular flexibility index (Phi) is 4.88. The number of aliphatic hydroxyl groups is 1. The van der Waals surface area contributed by atoms with Crippen LogP contribution in [-0.2, 0) is 0 Å². The third kappa shape index (κ3) is 2.96. The summed E-state index contributed by atoms with van der Waals surface area (Å²) < 4.78 is 11.5. The Bertz CT molecular complexity index is 1090. The van der Waals surface area contributed by atoms with Gasteiger partial charge in [-0.05, 0) is 36.2 Å². The number of carbonyl (C=O) groups excluding carboxylic acids is 1. The predicted molar refractivity (Wildman–Crippen MR) is 105 cm³/mol. The van der Waals surface area contributed by atoms with Crippen molar-refractivity contribution < 1.29 is 19.1 Å². The summed E-state index contributed by atoms with van der Waals surface area (Å²) in [6.45, 7) is 2.49. The van der Waals surface area contributed by atoms with E-state index in [1.807, 2.05) is 31.2 Å². The van der Waals surface area contributed by atoms with Crippen LogP contribution in [0.4, 0.5) is 0 Å². The van der Waals surface area contributed by atoms with Gasteiger partial charge in [0.2, 0.25) is 5.76 Å². The first kappa shape index (κ1) is 18.3. The van der Waals surface area contributed by atoms with Gasteiger partial charge in [0.15, 0.2) is 5.43 Å². The Morgan fingerprint density at radius 1 is 1.14 bits per heavy atom. The highest BCUT2D eigenvalue weighted by Crippen LogP contribution is 2.38. The molecule has 28 heavy (non-hydrogen) atoms. The zero-order valence-electron chi connectivity index (χ0n) is 15.6. The quantitative estimate of drug-likeness (QED) is 0.712. The van der Waals surface area contributed by atoms with Gasteiger partial charge in [-0.1, -0.05) is 31.2 Å². The van der Waals surface area contributed by atoms with E-state index >= 15 is 0 Å². The summed E-state index contributed by atoms with van der Waals surface area (Å²) >= 11 is 0. The number of para-hydroxylation sites is 1. The first-order chi connectivity index (χ1) is 13.7. The minimum Gasteiger partial charge on any atom is -0.494 e. The Balaban J connectivity index is 1.90. The van der Waals surface area contributed by atoms with Gasteiger partial charge in [0.1, 0.15) is 11.3 Å². The van der Waals surface area contributed by atoms with Crippen LogP contribution >= 0.6 is 0 Å². The minimum atomic E-state index is -0.624. The first-order valence-corrected chi connectivity index (χ1v) is 9.36. The van der Waals surface area contributed by atoms with Crippen molar-refractivity contribution in [1.82, 2.24) is 4.90 Å². The zero-order chi connectivity index (χ0) is 19.7. The number of amides is 1. The van der Waals surface area contributed by atoms with E-state index in [-0.39, 0.29) is 24.3 Å². The normalized spacial score (nSPS) is 15.9. The monoisotopic (exact) mass is 379 g/mol. The summed E-state index contributed by atoms with van der Waals surface area (Å²) in [5.74, 6) is 0.327. The van der Waals surface area contributed by atoms with Gasteiger partial charge < -0.3 is 19.2 Å². The fourth-order valence-electron chi connectivity index (χ4n) is 3.65. The van der Waals surface area contributed by atoms with E-state index in [1.54, 1.807) is 24.3 Å². The van der Waals surface area contributed by atoms with Crippen molar-refractivity contribution in [2.75, 3.05) is 19.8 Å². The van der Waals surface area contributed by atoms with Crippen molar-refractivity contribution in [3.05, 3.63) is 75.6 Å². The van der Waals surface area contributed by atoms with Crippen LogP contribution in [0.3, 0.4) is 0 Å². The molecule has 1 aromatic heterocycles. The van der Waals surface area contributed by atoms with E-state index in [0.717, 1.165) is 12.0 Å². The second kappa shape index (κ2) is 7.48. The molecule has 0 radical (unpaired) electrons. The lowest BCUT2D eigenvalue weighted by molar-refractivity contribution is 0.0691. The van der Waals surface area contributed by atoms with Gasteiger partial charge >= 0.3 is 0 Å². The third-order valence-electron chi connectivity index (χ3n) is 4.86. The molecule has 3 aromatic rings. The summed E-state index contributed by atoms with van der Waals surface area (Å²) in [7, 11) is 0. The third-order valence-corrected chi connectivity index (χ3v) is 4.86. The van der Waals surface area contributed by atoms with Crippen LogP contribution in [0.2, 0.25) is 0 Å². The molecule has 1 unspecified atom stereocenters. The highest BCUT2D eigenvalue weighted by atomic mass is 16.5. The molecule has 0 bridgehead atoms. The molecule has 4 rings (SSSR count). The molecule has 6 heteroatoms. The molecule has 1 aliphatic rings. The molecule has 0 saturated heterocycles. The fraction of sp³-hybridized carbons (Fsp3) is 0.273. The van der Waals surface area contributed by atoms with E-state index in [4.69, 9.17) is 9.15 Å². The number of fused-ring (bicyclic) bond motifs is 2. The van der Waals surface area contributed by atoms with Gasteiger partial charge in [0.05, 0.1) is 30.2 Å². The number of nitrogens with zero attached hydrogens (tertiary/aromatic N) is 1. The smallest absolute Gasteiger partial charge is 0.290 e. The Morgan fingerprint density at radius 3 is 2.75 bits per heavy atom. The highest BCUT2D eigenvalue weighted by Gasteiger charge is 2.42. The molecule has 0 saturated carbocycles. The standard InChI is InChI=1S/C22H21NO5/c1-2-12-27-15-7-5-6-14(13-15)19-18-20(25)16-8-3-4-9-17(16)28-21(18)22(26)23(19)10-11-24/h3-9,13,19,24H,2,10-12H2,1H3. The molecule has 6 nitrogen and oxygen atoms in total. The van der Waals surface area contributed by atoms with E-state index in [9.17, 15) is 14.7 Å². The SMILES string of the molecule is CCCOc1cccc(C2c3c(oc4ccccc4c3=O)C(=O)N2CCO)c1. The topological polar surface area (TPSA) is 80.0 Å². The number of ether oxygens (including phenoxy) is 1. The van der Waals surface area contributed by atoms with Crippen molar-refractivity contribution in [1.29, 1.82) is 0 Å². The fourth-order valence-corrected chi connectivity index (χ4v) is 3.65. The molecule has 0 spiro atoms. The van der Waals surface area contributed by atoms with Gasteiger partial charge in [-0.25, -0.2) is 0 Å². The Morgan fingerprint density at radius 2 is 1.96 bits per heavy atom. The van der Waals surface area contributed by atoms with Crippen LogP contribution < -0.4 is 10.2 Å². The number of aliphatic hydroxyl groups excluding tert-OH is 1. The number of β-amino-alcohol motifs (C(OH)–C–C–N with tert-alkyl or cyclic N) is 1. The molecule has 2 aromatic carbocycles. The molecule has 1 aliphatic heterocycles. The van der Waals surface area contributed by atoms with Gasteiger partial charge in [0, 0.05) is 6.54 Å². The molecule has 1 N–H and O–H groups in total. The van der Waals surface area contributed by atoms with Crippen molar-refractivity contribution in [3.63, 3.8) is 0 Å². The second-order valence-electron chi connectivity index (χ2n) is 6.72. The van der Waals surface area contributed by atoms with E-state index < -0.39 is 11.9 Å². The lowest BCUT2D eigenvalue weighted by Gasteiger charge is -2.24. The molecule has 2 heterocycles. The number of hydrogen-bond acceptors (Lipinski definition) is 5. The molecule has 0 aliphatic carbocycles. The van der Waals surface area contributed by atoms with Gasteiger partial charge in [-0.2, -0.15) is 0 Å². The van der Waals surface area contributed by atoms with Crippen molar-refractivity contribution in [2.24, 2.45) is 0 Å². The van der Waals surface area contributed by atoms with Crippen molar-refractivity contribution >= 4 is 16.9 Å². The maximum atomic E-state index is 13.2. The lowest BCUT2D eigenvalue weighted by atomic mass is 9.98. The van der Waals surface area contributed by atoms with Crippen LogP contribution in [0, 0.1) is 0 Å². The van der Waals surface area contributed by atoms with Gasteiger partial charge in [0.25, 0.3) is 5.91 Å². The Labute approximate surface area is 162 Å². The van der Waals surface area contributed by atoms with Crippen molar-refractivity contribution in [3.8, 4) is 5.75 Å². The summed E-state index contributed by atoms with van der Waals surface area (Å²) in [4.78, 5) is 27.7. The van der Waals surface area contributed by atoms with Crippen molar-refractivity contribution in [2.45, 2.75) is 19.4 Å². The van der Waals surface area contributed by atoms with Crippen LogP contribution in [0.15, 0.2) is 57.7 Å². The van der Waals surface area contributed by atoms with Crippen LogP contribution in [-0.4, -0.2) is 35.7 Å². The summed E-state index contributed by atoms with van der Waals surface area (Å²) in [5.41, 5.74) is 1.21. The number of hydrogen-bond donors (Lipinski definition) is 1. The molecule has 0 fully saturated rings. The second-order valence-corrected chi connectivity index (χ2v) is 6.72. The average Bonchev–Trinajstić information content (AvgIpc) is 2.99. The molecule has 1 amide bonds. The molecule has 1 atom stereocenters. The molecular formula is C22H21NO5. The van der Waals surface area contributed by atoms with E-state index in [1.165, 1.54) is 4.90 Å². The zero-order valence-corrected chi connectivity index (χ0v) is 15.6. The predicted octanol–water partition coefficient (Wildman–Crippen LogP) is 3.12. The van der Waals surface area contributed by atoms with Crippen LogP contribution in [0.25, 0.3) is 11.0 Å².